The summed E-state index contributed by atoms with van der Waals surface area (Å²) in [6.45, 7) is 9.35. The van der Waals surface area contributed by atoms with Gasteiger partial charge in [0.2, 0.25) is 0 Å². The largest absolute Gasteiger partial charge is 0.402 e. The van der Waals surface area contributed by atoms with Crippen molar-refractivity contribution in [1.82, 2.24) is 0 Å². The number of hydrogen-bond donors (Lipinski definition) is 0. The number of benzene rings is 4. The molecule has 4 rings (SSSR count). The molecular formula is C30H30O2Si2. The molecule has 0 aliphatic heterocycles. The van der Waals surface area contributed by atoms with Gasteiger partial charge in [-0.05, 0) is 20.7 Å². The predicted octanol–water partition coefficient (Wildman–Crippen LogP) is 3.99. The zero-order chi connectivity index (χ0) is 23.7. The molecule has 0 radical (unpaired) electrons. The van der Waals surface area contributed by atoms with Gasteiger partial charge < -0.3 is 8.85 Å². The first kappa shape index (κ1) is 23.9. The molecule has 0 N–H and O–H groups in total. The van der Waals surface area contributed by atoms with E-state index in [4.69, 9.17) is 8.85 Å². The van der Waals surface area contributed by atoms with Crippen LogP contribution in [0.5, 0.6) is 0 Å². The van der Waals surface area contributed by atoms with Crippen molar-refractivity contribution in [2.24, 2.45) is 0 Å². The van der Waals surface area contributed by atoms with Gasteiger partial charge in [0.25, 0.3) is 16.6 Å². The lowest BCUT2D eigenvalue weighted by molar-refractivity contribution is 0.218. The lowest BCUT2D eigenvalue weighted by Gasteiger charge is -2.32. The molecule has 0 fully saturated rings. The van der Waals surface area contributed by atoms with E-state index in [2.05, 4.69) is 110 Å². The molecule has 0 saturated carbocycles. The van der Waals surface area contributed by atoms with Crippen molar-refractivity contribution in [1.29, 1.82) is 0 Å². The summed E-state index contributed by atoms with van der Waals surface area (Å²) in [5, 5.41) is 4.70. The fraction of sp³-hybridized carbons (Fsp3) is 0.0667. The van der Waals surface area contributed by atoms with Crippen molar-refractivity contribution in [3.8, 4) is 0 Å². The third-order valence-corrected chi connectivity index (χ3v) is 13.4. The van der Waals surface area contributed by atoms with Crippen LogP contribution in [0.2, 0.25) is 0 Å². The van der Waals surface area contributed by atoms with Crippen LogP contribution >= 0.6 is 0 Å². The van der Waals surface area contributed by atoms with Crippen LogP contribution in [0.15, 0.2) is 146 Å². The Morgan fingerprint density at radius 2 is 0.676 bits per heavy atom. The van der Waals surface area contributed by atoms with Crippen LogP contribution in [0, 0.1) is 0 Å². The Bertz CT molecular complexity index is 1000. The molecule has 4 heteroatoms. The van der Waals surface area contributed by atoms with Crippen molar-refractivity contribution < 1.29 is 8.85 Å². The second-order valence-electron chi connectivity index (χ2n) is 8.04. The third kappa shape index (κ3) is 4.81. The summed E-state index contributed by atoms with van der Waals surface area (Å²) in [7, 11) is -5.23. The quantitative estimate of drug-likeness (QED) is 0.240. The van der Waals surface area contributed by atoms with Crippen LogP contribution in [0.1, 0.15) is 0 Å². The fourth-order valence-corrected chi connectivity index (χ4v) is 10.5. The molecule has 170 valence electrons. The predicted molar refractivity (Wildman–Crippen MR) is 148 cm³/mol. The smallest absolute Gasteiger partial charge is 0.280 e. The summed E-state index contributed by atoms with van der Waals surface area (Å²) in [5.41, 5.74) is 4.04. The normalized spacial score (nSPS) is 11.6. The zero-order valence-electron chi connectivity index (χ0n) is 19.3. The highest BCUT2D eigenvalue weighted by Crippen LogP contribution is 2.12. The molecule has 0 aliphatic rings. The van der Waals surface area contributed by atoms with Crippen LogP contribution in [-0.4, -0.2) is 29.8 Å². The molecule has 4 aromatic rings. The van der Waals surface area contributed by atoms with E-state index in [0.717, 1.165) is 0 Å². The fourth-order valence-electron chi connectivity index (χ4n) is 4.40. The Kier molecular flexibility index (Phi) is 7.88. The maximum Gasteiger partial charge on any atom is 0.280 e. The summed E-state index contributed by atoms with van der Waals surface area (Å²) in [4.78, 5) is 0. The van der Waals surface area contributed by atoms with E-state index in [-0.39, 0.29) is 0 Å². The Labute approximate surface area is 205 Å². The highest BCUT2D eigenvalue weighted by atomic mass is 28.4. The molecule has 34 heavy (non-hydrogen) atoms. The van der Waals surface area contributed by atoms with E-state index < -0.39 is 16.6 Å². The molecule has 2 nitrogen and oxygen atoms in total. The lowest BCUT2D eigenvalue weighted by Crippen LogP contribution is -2.61. The maximum absolute atomic E-state index is 6.75. The van der Waals surface area contributed by atoms with E-state index in [0.29, 0.717) is 13.2 Å². The van der Waals surface area contributed by atoms with E-state index in [9.17, 15) is 0 Å². The standard InChI is InChI=1S/C30H30O2Si2/c1-3-33(27-17-9-5-10-18-27,28-19-11-6-12-20-28)31-25-26-32-34(4-2,29-21-13-7-14-22-29)30-23-15-8-16-24-30/h3-24H,1-2,25-26H2. The minimum absolute atomic E-state index is 0.463. The van der Waals surface area contributed by atoms with Gasteiger partial charge >= 0.3 is 0 Å². The van der Waals surface area contributed by atoms with Gasteiger partial charge in [-0.2, -0.15) is 0 Å². The average Bonchev–Trinajstić information content (AvgIpc) is 2.93. The molecular weight excluding hydrogens is 449 g/mol. The van der Waals surface area contributed by atoms with Gasteiger partial charge in [0.05, 0.1) is 13.2 Å². The molecule has 0 spiro atoms. The highest BCUT2D eigenvalue weighted by Gasteiger charge is 2.39. The van der Waals surface area contributed by atoms with Crippen LogP contribution in [0.25, 0.3) is 0 Å². The van der Waals surface area contributed by atoms with Crippen LogP contribution in [0.4, 0.5) is 0 Å². The third-order valence-electron chi connectivity index (χ3n) is 6.13. The lowest BCUT2D eigenvalue weighted by atomic mass is 10.4. The minimum Gasteiger partial charge on any atom is -0.402 e. The van der Waals surface area contributed by atoms with Gasteiger partial charge in [0, 0.05) is 0 Å². The molecule has 0 amide bonds. The van der Waals surface area contributed by atoms with Gasteiger partial charge in [0.15, 0.2) is 0 Å². The Morgan fingerprint density at radius 1 is 0.441 bits per heavy atom. The van der Waals surface area contributed by atoms with Crippen molar-refractivity contribution in [2.75, 3.05) is 13.2 Å². The summed E-state index contributed by atoms with van der Waals surface area (Å²) in [6.07, 6.45) is 0. The summed E-state index contributed by atoms with van der Waals surface area (Å²) >= 11 is 0. The van der Waals surface area contributed by atoms with Crippen molar-refractivity contribution >= 4 is 37.4 Å². The van der Waals surface area contributed by atoms with E-state index in [1.807, 2.05) is 35.7 Å². The van der Waals surface area contributed by atoms with Crippen molar-refractivity contribution in [2.45, 2.75) is 0 Å². The summed E-state index contributed by atoms with van der Waals surface area (Å²) in [6, 6.07) is 41.7. The molecule has 0 saturated heterocycles. The van der Waals surface area contributed by atoms with Gasteiger partial charge in [-0.25, -0.2) is 0 Å². The summed E-state index contributed by atoms with van der Waals surface area (Å²) in [5.74, 6) is 0. The number of rotatable bonds is 11. The Balaban J connectivity index is 1.61. The molecule has 0 aliphatic carbocycles. The van der Waals surface area contributed by atoms with Gasteiger partial charge in [-0.15, -0.1) is 13.2 Å². The first-order valence-corrected chi connectivity index (χ1v) is 15.5. The number of hydrogen-bond acceptors (Lipinski definition) is 2. The maximum atomic E-state index is 6.75. The first-order valence-electron chi connectivity index (χ1n) is 11.5. The van der Waals surface area contributed by atoms with Gasteiger partial charge in [0.1, 0.15) is 0 Å². The average molecular weight is 479 g/mol. The van der Waals surface area contributed by atoms with E-state index >= 15 is 0 Å². The first-order chi connectivity index (χ1) is 16.7. The second-order valence-corrected chi connectivity index (χ2v) is 14.7. The monoisotopic (exact) mass is 478 g/mol. The SMILES string of the molecule is C=C[Si](OCCO[Si](C=C)(c1ccccc1)c1ccccc1)(c1ccccc1)c1ccccc1. The van der Waals surface area contributed by atoms with Crippen LogP contribution in [0.3, 0.4) is 0 Å². The van der Waals surface area contributed by atoms with Gasteiger partial charge in [-0.3, -0.25) is 0 Å². The zero-order valence-corrected chi connectivity index (χ0v) is 21.3. The van der Waals surface area contributed by atoms with Crippen molar-refractivity contribution in [3.05, 3.63) is 146 Å². The molecule has 0 aromatic heterocycles. The topological polar surface area (TPSA) is 18.5 Å². The van der Waals surface area contributed by atoms with Crippen LogP contribution in [-0.2, 0) is 8.85 Å². The highest BCUT2D eigenvalue weighted by molar-refractivity contribution is 7.01. The minimum atomic E-state index is -2.61. The Hall–Kier alpha value is -3.29. The molecule has 0 unspecified atom stereocenters. The van der Waals surface area contributed by atoms with E-state index in [1.54, 1.807) is 0 Å². The van der Waals surface area contributed by atoms with E-state index in [1.165, 1.54) is 20.7 Å². The molecule has 0 atom stereocenters. The van der Waals surface area contributed by atoms with Gasteiger partial charge in [-0.1, -0.05) is 133 Å². The second kappa shape index (κ2) is 11.2. The van der Waals surface area contributed by atoms with Crippen LogP contribution < -0.4 is 20.7 Å². The Morgan fingerprint density at radius 3 is 0.882 bits per heavy atom. The summed E-state index contributed by atoms with van der Waals surface area (Å²) < 4.78 is 13.5. The van der Waals surface area contributed by atoms with Crippen molar-refractivity contribution in [3.63, 3.8) is 0 Å². The molecule has 0 heterocycles. The molecule has 4 aromatic carbocycles. The molecule has 0 bridgehead atoms.